The van der Waals surface area contributed by atoms with Crippen LogP contribution in [-0.4, -0.2) is 10.8 Å². The number of halogens is 2. The van der Waals surface area contributed by atoms with Crippen LogP contribution >= 0.6 is 23.2 Å². The Bertz CT molecular complexity index is 516. The van der Waals surface area contributed by atoms with E-state index < -0.39 is 0 Å². The average Bonchev–Trinajstić information content (AvgIpc) is 2.40. The van der Waals surface area contributed by atoms with Crippen LogP contribution in [0.2, 0.25) is 10.2 Å². The Morgan fingerprint density at radius 1 is 1.36 bits per heavy atom. The van der Waals surface area contributed by atoms with E-state index in [-0.39, 0.29) is 5.78 Å². The summed E-state index contributed by atoms with van der Waals surface area (Å²) in [5.74, 6) is -0.0662. The fraction of sp³-hybridized carbons (Fsp3) is 0.100. The van der Waals surface area contributed by atoms with Crippen LogP contribution < -0.4 is 0 Å². The van der Waals surface area contributed by atoms with Crippen LogP contribution in [0.25, 0.3) is 10.9 Å². The van der Waals surface area contributed by atoms with Crippen LogP contribution in [0, 0.1) is 0 Å². The summed E-state index contributed by atoms with van der Waals surface area (Å²) in [5.41, 5.74) is 1.33. The zero-order valence-corrected chi connectivity index (χ0v) is 8.91. The third-order valence-electron chi connectivity index (χ3n) is 2.07. The van der Waals surface area contributed by atoms with Gasteiger partial charge in [0.05, 0.1) is 5.56 Å². The molecule has 14 heavy (non-hydrogen) atoms. The summed E-state index contributed by atoms with van der Waals surface area (Å²) in [6.07, 6.45) is 0. The van der Waals surface area contributed by atoms with Crippen molar-refractivity contribution in [1.82, 2.24) is 4.98 Å². The smallest absolute Gasteiger partial charge is 0.163 e. The highest BCUT2D eigenvalue weighted by Gasteiger charge is 2.13. The number of Topliss-reactive ketones (excluding diaryl/α,β-unsaturated/α-hetero) is 1. The van der Waals surface area contributed by atoms with Crippen molar-refractivity contribution in [2.75, 3.05) is 0 Å². The second kappa shape index (κ2) is 3.30. The molecule has 2 rings (SSSR count). The molecule has 0 aliphatic heterocycles. The molecule has 0 atom stereocenters. The predicted octanol–water partition coefficient (Wildman–Crippen LogP) is 3.68. The van der Waals surface area contributed by atoms with Gasteiger partial charge in [-0.25, -0.2) is 0 Å². The molecular formula is C10H7Cl2NO. The quantitative estimate of drug-likeness (QED) is 0.742. The Kier molecular flexibility index (Phi) is 2.25. The minimum absolute atomic E-state index is 0.0662. The summed E-state index contributed by atoms with van der Waals surface area (Å²) in [6.45, 7) is 1.48. The Balaban J connectivity index is 2.86. The van der Waals surface area contributed by atoms with Gasteiger partial charge in [-0.1, -0.05) is 23.2 Å². The molecule has 0 spiro atoms. The highest BCUT2D eigenvalue weighted by molar-refractivity contribution is 6.36. The molecule has 0 saturated heterocycles. The number of ketones is 1. The number of hydrogen-bond donors (Lipinski definition) is 1. The summed E-state index contributed by atoms with van der Waals surface area (Å²) < 4.78 is 0. The van der Waals surface area contributed by atoms with Gasteiger partial charge in [0.25, 0.3) is 0 Å². The van der Waals surface area contributed by atoms with Crippen LogP contribution in [0.4, 0.5) is 0 Å². The van der Waals surface area contributed by atoms with Crippen LogP contribution in [0.1, 0.15) is 17.3 Å². The molecule has 0 radical (unpaired) electrons. The van der Waals surface area contributed by atoms with E-state index in [4.69, 9.17) is 23.2 Å². The fourth-order valence-corrected chi connectivity index (χ4v) is 1.98. The SMILES string of the molecule is CC(=O)c1c(Cl)[nH]c2ccc(Cl)cc12. The first kappa shape index (κ1) is 9.56. The van der Waals surface area contributed by atoms with Crippen LogP contribution in [-0.2, 0) is 0 Å². The molecule has 1 aromatic heterocycles. The number of fused-ring (bicyclic) bond motifs is 1. The van der Waals surface area contributed by atoms with Crippen molar-refractivity contribution in [3.05, 3.63) is 33.9 Å². The van der Waals surface area contributed by atoms with E-state index in [1.807, 2.05) is 0 Å². The molecule has 4 heteroatoms. The summed E-state index contributed by atoms with van der Waals surface area (Å²) >= 11 is 11.7. The lowest BCUT2D eigenvalue weighted by molar-refractivity contribution is 0.101. The predicted molar refractivity (Wildman–Crippen MR) is 58.3 cm³/mol. The van der Waals surface area contributed by atoms with Crippen LogP contribution in [0.5, 0.6) is 0 Å². The monoisotopic (exact) mass is 227 g/mol. The highest BCUT2D eigenvalue weighted by atomic mass is 35.5. The molecule has 0 bridgehead atoms. The van der Waals surface area contributed by atoms with E-state index in [1.165, 1.54) is 6.92 Å². The molecule has 0 unspecified atom stereocenters. The van der Waals surface area contributed by atoms with E-state index in [0.29, 0.717) is 15.7 Å². The van der Waals surface area contributed by atoms with Crippen molar-refractivity contribution in [2.24, 2.45) is 0 Å². The Morgan fingerprint density at radius 3 is 2.71 bits per heavy atom. The number of aromatic amines is 1. The van der Waals surface area contributed by atoms with Crippen molar-refractivity contribution < 1.29 is 4.79 Å². The number of hydrogen-bond acceptors (Lipinski definition) is 1. The molecular weight excluding hydrogens is 221 g/mol. The zero-order chi connectivity index (χ0) is 10.3. The molecule has 0 aliphatic carbocycles. The van der Waals surface area contributed by atoms with Gasteiger partial charge in [-0.15, -0.1) is 0 Å². The molecule has 0 amide bonds. The van der Waals surface area contributed by atoms with E-state index in [9.17, 15) is 4.79 Å². The van der Waals surface area contributed by atoms with E-state index in [1.54, 1.807) is 18.2 Å². The molecule has 1 heterocycles. The number of benzene rings is 1. The standard InChI is InChI=1S/C10H7Cl2NO/c1-5(14)9-7-4-6(11)2-3-8(7)13-10(9)12/h2-4,13H,1H3. The lowest BCUT2D eigenvalue weighted by atomic mass is 10.1. The first-order chi connectivity index (χ1) is 6.59. The maximum absolute atomic E-state index is 11.3. The Morgan fingerprint density at radius 2 is 2.07 bits per heavy atom. The van der Waals surface area contributed by atoms with E-state index in [2.05, 4.69) is 4.98 Å². The Hall–Kier alpha value is -0.990. The number of rotatable bonds is 1. The number of H-pyrrole nitrogens is 1. The topological polar surface area (TPSA) is 32.9 Å². The van der Waals surface area contributed by atoms with Crippen molar-refractivity contribution in [1.29, 1.82) is 0 Å². The van der Waals surface area contributed by atoms with Crippen LogP contribution in [0.15, 0.2) is 18.2 Å². The van der Waals surface area contributed by atoms with E-state index in [0.717, 1.165) is 10.9 Å². The lowest BCUT2D eigenvalue weighted by Crippen LogP contribution is -1.90. The van der Waals surface area contributed by atoms with Gasteiger partial charge in [0.15, 0.2) is 5.78 Å². The van der Waals surface area contributed by atoms with Gasteiger partial charge in [0, 0.05) is 15.9 Å². The summed E-state index contributed by atoms with van der Waals surface area (Å²) in [4.78, 5) is 14.2. The van der Waals surface area contributed by atoms with Gasteiger partial charge in [-0.3, -0.25) is 4.79 Å². The second-order valence-electron chi connectivity index (χ2n) is 3.06. The molecule has 1 N–H and O–H groups in total. The molecule has 0 aliphatic rings. The molecule has 1 aromatic carbocycles. The third kappa shape index (κ3) is 1.41. The van der Waals surface area contributed by atoms with Crippen molar-refractivity contribution in [3.8, 4) is 0 Å². The summed E-state index contributed by atoms with van der Waals surface area (Å²) in [7, 11) is 0. The lowest BCUT2D eigenvalue weighted by Gasteiger charge is -1.94. The minimum Gasteiger partial charge on any atom is -0.345 e. The van der Waals surface area contributed by atoms with E-state index >= 15 is 0 Å². The van der Waals surface area contributed by atoms with Crippen molar-refractivity contribution in [3.63, 3.8) is 0 Å². The van der Waals surface area contributed by atoms with Gasteiger partial charge in [0.1, 0.15) is 5.15 Å². The molecule has 2 aromatic rings. The third-order valence-corrected chi connectivity index (χ3v) is 2.59. The average molecular weight is 228 g/mol. The maximum atomic E-state index is 11.3. The first-order valence-corrected chi connectivity index (χ1v) is 4.83. The first-order valence-electron chi connectivity index (χ1n) is 4.07. The molecule has 0 fully saturated rings. The highest BCUT2D eigenvalue weighted by Crippen LogP contribution is 2.28. The number of carbonyl (C=O) groups is 1. The van der Waals surface area contributed by atoms with Crippen molar-refractivity contribution in [2.45, 2.75) is 6.92 Å². The minimum atomic E-state index is -0.0662. The van der Waals surface area contributed by atoms with Gasteiger partial charge in [0.2, 0.25) is 0 Å². The van der Waals surface area contributed by atoms with Crippen molar-refractivity contribution >= 4 is 39.9 Å². The van der Waals surface area contributed by atoms with Gasteiger partial charge in [-0.05, 0) is 25.1 Å². The Labute approximate surface area is 90.8 Å². The number of nitrogens with one attached hydrogen (secondary N) is 1. The number of carbonyl (C=O) groups excluding carboxylic acids is 1. The largest absolute Gasteiger partial charge is 0.345 e. The normalized spacial score (nSPS) is 10.8. The molecule has 0 saturated carbocycles. The fourth-order valence-electron chi connectivity index (χ4n) is 1.48. The zero-order valence-electron chi connectivity index (χ0n) is 7.40. The van der Waals surface area contributed by atoms with Gasteiger partial charge >= 0.3 is 0 Å². The maximum Gasteiger partial charge on any atom is 0.163 e. The molecule has 2 nitrogen and oxygen atoms in total. The second-order valence-corrected chi connectivity index (χ2v) is 3.87. The van der Waals surface area contributed by atoms with Gasteiger partial charge in [-0.2, -0.15) is 0 Å². The molecule has 72 valence electrons. The summed E-state index contributed by atoms with van der Waals surface area (Å²) in [6, 6.07) is 5.28. The summed E-state index contributed by atoms with van der Waals surface area (Å²) in [5, 5.41) is 1.74. The number of aromatic nitrogens is 1. The van der Waals surface area contributed by atoms with Crippen LogP contribution in [0.3, 0.4) is 0 Å². The van der Waals surface area contributed by atoms with Gasteiger partial charge < -0.3 is 4.98 Å².